The third kappa shape index (κ3) is 3.23. The Bertz CT molecular complexity index is 642. The zero-order chi connectivity index (χ0) is 17.3. The Morgan fingerprint density at radius 1 is 0.960 bits per heavy atom. The summed E-state index contributed by atoms with van der Waals surface area (Å²) in [7, 11) is 0. The van der Waals surface area contributed by atoms with Crippen LogP contribution in [0.3, 0.4) is 0 Å². The monoisotopic (exact) mass is 343 g/mol. The Morgan fingerprint density at radius 3 is 2.20 bits per heavy atom. The van der Waals surface area contributed by atoms with E-state index in [0.29, 0.717) is 39.1 Å². The Kier molecular flexibility index (Phi) is 4.37. The van der Waals surface area contributed by atoms with Gasteiger partial charge in [0.05, 0.1) is 13.2 Å². The Morgan fingerprint density at radius 2 is 1.60 bits per heavy atom. The minimum absolute atomic E-state index is 0.0398. The van der Waals surface area contributed by atoms with Crippen molar-refractivity contribution in [2.45, 2.75) is 25.7 Å². The number of hydrogen-bond donors (Lipinski definition) is 1. The van der Waals surface area contributed by atoms with E-state index in [4.69, 9.17) is 4.74 Å². The molecule has 0 unspecified atom stereocenters. The first-order valence-corrected chi connectivity index (χ1v) is 9.23. The quantitative estimate of drug-likeness (QED) is 0.848. The molecule has 4 rings (SSSR count). The van der Waals surface area contributed by atoms with Gasteiger partial charge in [-0.25, -0.2) is 0 Å². The number of benzene rings is 1. The van der Waals surface area contributed by atoms with Gasteiger partial charge >= 0.3 is 0 Å². The molecule has 0 radical (unpaired) electrons. The number of carbonyl (C=O) groups excluding carboxylic acids is 2. The first-order chi connectivity index (χ1) is 12.2. The highest BCUT2D eigenvalue weighted by molar-refractivity contribution is 6.13. The predicted molar refractivity (Wildman–Crippen MR) is 95.6 cm³/mol. The molecule has 2 aliphatic heterocycles. The molecule has 134 valence electrons. The van der Waals surface area contributed by atoms with Gasteiger partial charge in [0.2, 0.25) is 11.8 Å². The van der Waals surface area contributed by atoms with Gasteiger partial charge in [-0.15, -0.1) is 0 Å². The van der Waals surface area contributed by atoms with Gasteiger partial charge in [-0.2, -0.15) is 0 Å². The van der Waals surface area contributed by atoms with Crippen LogP contribution in [-0.2, 0) is 14.3 Å². The minimum atomic E-state index is -0.856. The summed E-state index contributed by atoms with van der Waals surface area (Å²) in [5.41, 5.74) is 1.10. The van der Waals surface area contributed by atoms with Crippen molar-refractivity contribution in [3.05, 3.63) is 24.3 Å². The maximum absolute atomic E-state index is 12.7. The molecule has 3 aliphatic rings. The van der Waals surface area contributed by atoms with Crippen LogP contribution in [0.15, 0.2) is 24.3 Å². The van der Waals surface area contributed by atoms with Crippen LogP contribution < -0.4 is 10.2 Å². The van der Waals surface area contributed by atoms with E-state index < -0.39 is 5.41 Å². The average molecular weight is 343 g/mol. The van der Waals surface area contributed by atoms with Gasteiger partial charge < -0.3 is 19.9 Å². The molecule has 2 saturated heterocycles. The second-order valence-corrected chi connectivity index (χ2v) is 7.18. The van der Waals surface area contributed by atoms with Gasteiger partial charge in [-0.3, -0.25) is 9.59 Å². The van der Waals surface area contributed by atoms with Gasteiger partial charge in [-0.1, -0.05) is 0 Å². The number of nitrogens with one attached hydrogen (secondary N) is 1. The number of anilines is 2. The van der Waals surface area contributed by atoms with E-state index >= 15 is 0 Å². The molecule has 25 heavy (non-hydrogen) atoms. The van der Waals surface area contributed by atoms with Crippen LogP contribution in [-0.4, -0.2) is 56.1 Å². The second kappa shape index (κ2) is 6.67. The van der Waals surface area contributed by atoms with Gasteiger partial charge in [0, 0.05) is 37.6 Å². The molecule has 0 bridgehead atoms. The lowest BCUT2D eigenvalue weighted by Crippen LogP contribution is -2.47. The molecule has 1 aromatic carbocycles. The first kappa shape index (κ1) is 16.4. The standard InChI is InChI=1S/C19H25N3O3/c23-17(19(7-8-19)18(24)22-11-13-25-14-12-22)20-15-3-5-16(6-4-15)21-9-1-2-10-21/h3-6H,1-2,7-14H2,(H,20,23). The summed E-state index contributed by atoms with van der Waals surface area (Å²) in [5.74, 6) is -0.208. The molecule has 2 heterocycles. The van der Waals surface area contributed by atoms with Crippen molar-refractivity contribution in [2.75, 3.05) is 49.6 Å². The van der Waals surface area contributed by atoms with Crippen LogP contribution in [0.25, 0.3) is 0 Å². The van der Waals surface area contributed by atoms with E-state index in [1.165, 1.54) is 18.5 Å². The molecule has 3 fully saturated rings. The Balaban J connectivity index is 1.40. The van der Waals surface area contributed by atoms with Crippen LogP contribution in [0.2, 0.25) is 0 Å². The van der Waals surface area contributed by atoms with Crippen molar-refractivity contribution in [3.8, 4) is 0 Å². The van der Waals surface area contributed by atoms with Crippen molar-refractivity contribution in [2.24, 2.45) is 5.41 Å². The van der Waals surface area contributed by atoms with E-state index in [9.17, 15) is 9.59 Å². The summed E-state index contributed by atoms with van der Waals surface area (Å²) in [6.07, 6.45) is 3.76. The predicted octanol–water partition coefficient (Wildman–Crippen LogP) is 1.86. The highest BCUT2D eigenvalue weighted by Gasteiger charge is 2.58. The third-order valence-electron chi connectivity index (χ3n) is 5.49. The van der Waals surface area contributed by atoms with Crippen molar-refractivity contribution in [1.29, 1.82) is 0 Å². The molecular weight excluding hydrogens is 318 g/mol. The van der Waals surface area contributed by atoms with Crippen LogP contribution in [0.4, 0.5) is 11.4 Å². The molecule has 0 atom stereocenters. The summed E-state index contributed by atoms with van der Waals surface area (Å²) in [6.45, 7) is 4.48. The normalized spacial score (nSPS) is 21.9. The van der Waals surface area contributed by atoms with E-state index in [-0.39, 0.29) is 11.8 Å². The fourth-order valence-electron chi connectivity index (χ4n) is 3.71. The summed E-state index contributed by atoms with van der Waals surface area (Å²) in [5, 5.41) is 2.95. The molecule has 6 heteroatoms. The molecule has 1 aromatic rings. The lowest BCUT2D eigenvalue weighted by atomic mass is 10.0. The van der Waals surface area contributed by atoms with E-state index in [0.717, 1.165) is 18.8 Å². The zero-order valence-electron chi connectivity index (χ0n) is 14.5. The van der Waals surface area contributed by atoms with Crippen LogP contribution in [0, 0.1) is 5.41 Å². The topological polar surface area (TPSA) is 61.9 Å². The van der Waals surface area contributed by atoms with Crippen molar-refractivity contribution in [3.63, 3.8) is 0 Å². The van der Waals surface area contributed by atoms with Crippen LogP contribution >= 0.6 is 0 Å². The first-order valence-electron chi connectivity index (χ1n) is 9.23. The van der Waals surface area contributed by atoms with Gasteiger partial charge in [0.1, 0.15) is 5.41 Å². The lowest BCUT2D eigenvalue weighted by Gasteiger charge is -2.30. The van der Waals surface area contributed by atoms with Crippen molar-refractivity contribution in [1.82, 2.24) is 4.90 Å². The summed E-state index contributed by atoms with van der Waals surface area (Å²) in [4.78, 5) is 29.6. The van der Waals surface area contributed by atoms with Crippen LogP contribution in [0.5, 0.6) is 0 Å². The molecule has 6 nitrogen and oxygen atoms in total. The average Bonchev–Trinajstić information content (AvgIpc) is 3.29. The Labute approximate surface area is 148 Å². The van der Waals surface area contributed by atoms with E-state index in [2.05, 4.69) is 10.2 Å². The smallest absolute Gasteiger partial charge is 0.240 e. The fraction of sp³-hybridized carbons (Fsp3) is 0.579. The molecule has 1 aliphatic carbocycles. The minimum Gasteiger partial charge on any atom is -0.378 e. The summed E-state index contributed by atoms with van der Waals surface area (Å²) >= 11 is 0. The molecule has 1 saturated carbocycles. The maximum atomic E-state index is 12.7. The fourth-order valence-corrected chi connectivity index (χ4v) is 3.71. The number of nitrogens with zero attached hydrogens (tertiary/aromatic N) is 2. The Hall–Kier alpha value is -2.08. The highest BCUT2D eigenvalue weighted by atomic mass is 16.5. The number of morpholine rings is 1. The number of carbonyl (C=O) groups is 2. The molecule has 1 N–H and O–H groups in total. The molecule has 0 aromatic heterocycles. The van der Waals surface area contributed by atoms with Crippen molar-refractivity contribution < 1.29 is 14.3 Å². The highest BCUT2D eigenvalue weighted by Crippen LogP contribution is 2.48. The molecule has 0 spiro atoms. The number of rotatable bonds is 4. The van der Waals surface area contributed by atoms with Gasteiger partial charge in [0.15, 0.2) is 0 Å². The van der Waals surface area contributed by atoms with Gasteiger partial charge in [0.25, 0.3) is 0 Å². The number of hydrogen-bond acceptors (Lipinski definition) is 4. The zero-order valence-corrected chi connectivity index (χ0v) is 14.5. The second-order valence-electron chi connectivity index (χ2n) is 7.18. The largest absolute Gasteiger partial charge is 0.378 e. The van der Waals surface area contributed by atoms with Crippen molar-refractivity contribution >= 4 is 23.2 Å². The SMILES string of the molecule is O=C(Nc1ccc(N2CCCC2)cc1)C1(C(=O)N2CCOCC2)CC1. The molecule has 2 amide bonds. The number of ether oxygens (including phenoxy) is 1. The summed E-state index contributed by atoms with van der Waals surface area (Å²) < 4.78 is 5.29. The molecular formula is C19H25N3O3. The maximum Gasteiger partial charge on any atom is 0.240 e. The van der Waals surface area contributed by atoms with E-state index in [1.54, 1.807) is 4.90 Å². The summed E-state index contributed by atoms with van der Waals surface area (Å²) in [6, 6.07) is 7.95. The third-order valence-corrected chi connectivity index (χ3v) is 5.49. The lowest BCUT2D eigenvalue weighted by molar-refractivity contribution is -0.145. The number of amides is 2. The van der Waals surface area contributed by atoms with Gasteiger partial charge in [-0.05, 0) is 49.9 Å². The van der Waals surface area contributed by atoms with Crippen LogP contribution in [0.1, 0.15) is 25.7 Å². The van der Waals surface area contributed by atoms with E-state index in [1.807, 2.05) is 24.3 Å².